The smallest absolute Gasteiger partial charge is 0.335 e. The van der Waals surface area contributed by atoms with Gasteiger partial charge in [-0.25, -0.2) is 4.79 Å². The van der Waals surface area contributed by atoms with Gasteiger partial charge in [-0.1, -0.05) is 116 Å². The molecule has 4 aromatic carbocycles. The van der Waals surface area contributed by atoms with Gasteiger partial charge in [-0.05, 0) is 28.3 Å². The molecule has 0 amide bonds. The van der Waals surface area contributed by atoms with Crippen LogP contribution in [0.1, 0.15) is 22.3 Å². The molecule has 0 saturated heterocycles. The van der Waals surface area contributed by atoms with E-state index in [2.05, 4.69) is 43.0 Å². The van der Waals surface area contributed by atoms with E-state index in [1.54, 1.807) is 0 Å². The summed E-state index contributed by atoms with van der Waals surface area (Å²) in [4.78, 5) is 12.0. The van der Waals surface area contributed by atoms with Gasteiger partial charge >= 0.3 is 5.97 Å². The Labute approximate surface area is 182 Å². The van der Waals surface area contributed by atoms with Gasteiger partial charge in [0.2, 0.25) is 0 Å². The van der Waals surface area contributed by atoms with E-state index in [0.29, 0.717) is 5.75 Å². The first-order chi connectivity index (χ1) is 15.3. The fourth-order valence-electron chi connectivity index (χ4n) is 3.62. The van der Waals surface area contributed by atoms with Gasteiger partial charge in [0, 0.05) is 17.2 Å². The maximum atomic E-state index is 12.0. The van der Waals surface area contributed by atoms with Crippen molar-refractivity contribution in [3.8, 4) is 5.75 Å². The van der Waals surface area contributed by atoms with Crippen molar-refractivity contribution >= 4 is 17.1 Å². The Balaban J connectivity index is 2.09. The molecule has 2 heteroatoms. The van der Waals surface area contributed by atoms with Crippen LogP contribution in [-0.4, -0.2) is 5.97 Å². The molecule has 0 atom stereocenters. The molecule has 0 aromatic heterocycles. The van der Waals surface area contributed by atoms with E-state index in [-0.39, 0.29) is 0 Å². The van der Waals surface area contributed by atoms with Crippen LogP contribution in [0, 0.1) is 0 Å². The molecule has 0 heterocycles. The van der Waals surface area contributed by atoms with E-state index in [4.69, 9.17) is 4.74 Å². The number of esters is 1. The molecule has 4 rings (SSSR count). The largest absolute Gasteiger partial charge is 0.423 e. The molecule has 2 nitrogen and oxygen atoms in total. The highest BCUT2D eigenvalue weighted by atomic mass is 16.5. The summed E-state index contributed by atoms with van der Waals surface area (Å²) in [5, 5.41) is 0. The second kappa shape index (κ2) is 9.55. The number of para-hydroxylation sites is 1. The second-order valence-electron chi connectivity index (χ2n) is 6.97. The first-order valence-corrected chi connectivity index (χ1v) is 10.1. The van der Waals surface area contributed by atoms with Crippen molar-refractivity contribution in [1.82, 2.24) is 0 Å². The topological polar surface area (TPSA) is 26.3 Å². The summed E-state index contributed by atoms with van der Waals surface area (Å²) in [6.45, 7) is 3.53. The molecule has 0 N–H and O–H groups in total. The molecular weight excluding hydrogens is 380 g/mol. The number of benzene rings is 4. The van der Waals surface area contributed by atoms with Crippen LogP contribution in [0.2, 0.25) is 0 Å². The average Bonchev–Trinajstić information content (AvgIpc) is 2.84. The Bertz CT molecular complexity index is 1170. The third kappa shape index (κ3) is 4.54. The highest BCUT2D eigenvalue weighted by Crippen LogP contribution is 2.40. The summed E-state index contributed by atoms with van der Waals surface area (Å²) in [7, 11) is 0. The summed E-state index contributed by atoms with van der Waals surface area (Å²) < 4.78 is 5.63. The van der Waals surface area contributed by atoms with E-state index in [0.717, 1.165) is 33.4 Å². The lowest BCUT2D eigenvalue weighted by molar-refractivity contribution is -0.128. The van der Waals surface area contributed by atoms with Crippen LogP contribution >= 0.6 is 0 Å². The Hall–Kier alpha value is -4.17. The maximum Gasteiger partial charge on any atom is 0.335 e. The summed E-state index contributed by atoms with van der Waals surface area (Å²) in [5.41, 5.74) is 6.09. The van der Waals surface area contributed by atoms with Gasteiger partial charge in [-0.2, -0.15) is 0 Å². The zero-order valence-corrected chi connectivity index (χ0v) is 17.1. The zero-order valence-electron chi connectivity index (χ0n) is 17.1. The molecule has 0 aliphatic carbocycles. The van der Waals surface area contributed by atoms with Crippen LogP contribution in [0.4, 0.5) is 0 Å². The van der Waals surface area contributed by atoms with E-state index >= 15 is 0 Å². The molecular formula is C29H22O2. The predicted molar refractivity (Wildman–Crippen MR) is 127 cm³/mol. The number of hydrogen-bond acceptors (Lipinski definition) is 2. The minimum absolute atomic E-state index is 0.485. The molecule has 0 unspecified atom stereocenters. The molecule has 0 bridgehead atoms. The lowest BCUT2D eigenvalue weighted by Crippen LogP contribution is -2.06. The number of hydrogen-bond donors (Lipinski definition) is 0. The first-order valence-electron chi connectivity index (χ1n) is 10.1. The first kappa shape index (κ1) is 20.1. The van der Waals surface area contributed by atoms with Crippen molar-refractivity contribution in [2.24, 2.45) is 0 Å². The van der Waals surface area contributed by atoms with E-state index in [9.17, 15) is 4.79 Å². The minimum Gasteiger partial charge on any atom is -0.423 e. The van der Waals surface area contributed by atoms with Gasteiger partial charge in [0.05, 0.1) is 0 Å². The summed E-state index contributed by atoms with van der Waals surface area (Å²) in [5.74, 6) is 0.0106. The lowest BCUT2D eigenvalue weighted by Gasteiger charge is -2.19. The van der Waals surface area contributed by atoms with Crippen molar-refractivity contribution in [2.75, 3.05) is 0 Å². The molecule has 150 valence electrons. The third-order valence-electron chi connectivity index (χ3n) is 4.97. The van der Waals surface area contributed by atoms with Gasteiger partial charge < -0.3 is 4.74 Å². The molecule has 0 spiro atoms. The van der Waals surface area contributed by atoms with Gasteiger partial charge in [0.25, 0.3) is 0 Å². The van der Waals surface area contributed by atoms with Crippen LogP contribution < -0.4 is 4.74 Å². The van der Waals surface area contributed by atoms with Crippen molar-refractivity contribution in [2.45, 2.75) is 0 Å². The predicted octanol–water partition coefficient (Wildman–Crippen LogP) is 6.79. The van der Waals surface area contributed by atoms with E-state index in [1.165, 1.54) is 6.08 Å². The summed E-state index contributed by atoms with van der Waals surface area (Å²) in [6.07, 6.45) is 1.18. The van der Waals surface area contributed by atoms with Crippen LogP contribution in [-0.2, 0) is 4.79 Å². The normalized spacial score (nSPS) is 10.2. The van der Waals surface area contributed by atoms with Gasteiger partial charge in [-0.3, -0.25) is 0 Å². The molecule has 0 aliphatic rings. The molecule has 0 aliphatic heterocycles. The van der Waals surface area contributed by atoms with Crippen molar-refractivity contribution in [3.05, 3.63) is 150 Å². The SMILES string of the molecule is C=CC(=O)Oc1ccccc1C(=C(c1ccccc1)c1ccccc1)c1ccccc1. The lowest BCUT2D eigenvalue weighted by atomic mass is 9.85. The fourth-order valence-corrected chi connectivity index (χ4v) is 3.62. The highest BCUT2D eigenvalue weighted by Gasteiger charge is 2.19. The Morgan fingerprint density at radius 1 is 0.581 bits per heavy atom. The zero-order chi connectivity index (χ0) is 21.5. The van der Waals surface area contributed by atoms with Crippen LogP contribution in [0.25, 0.3) is 11.1 Å². The Morgan fingerprint density at radius 2 is 1.00 bits per heavy atom. The molecule has 31 heavy (non-hydrogen) atoms. The highest BCUT2D eigenvalue weighted by molar-refractivity contribution is 6.05. The summed E-state index contributed by atoms with van der Waals surface area (Å²) in [6, 6.07) is 38.3. The quantitative estimate of drug-likeness (QED) is 0.154. The van der Waals surface area contributed by atoms with Gasteiger partial charge in [-0.15, -0.1) is 0 Å². The van der Waals surface area contributed by atoms with Gasteiger partial charge in [0.1, 0.15) is 5.75 Å². The standard InChI is InChI=1S/C29H22O2/c1-2-27(30)31-26-21-13-12-20-25(26)29(24-18-10-5-11-19-24)28(22-14-6-3-7-15-22)23-16-8-4-9-17-23/h2-21H,1H2. The van der Waals surface area contributed by atoms with Crippen molar-refractivity contribution < 1.29 is 9.53 Å². The van der Waals surface area contributed by atoms with Crippen LogP contribution in [0.3, 0.4) is 0 Å². The molecule has 0 saturated carbocycles. The molecule has 0 radical (unpaired) electrons. The monoisotopic (exact) mass is 402 g/mol. The Kier molecular flexibility index (Phi) is 6.20. The van der Waals surface area contributed by atoms with E-state index < -0.39 is 5.97 Å². The molecule has 0 fully saturated rings. The van der Waals surface area contributed by atoms with Crippen LogP contribution in [0.5, 0.6) is 5.75 Å². The number of rotatable bonds is 6. The number of carbonyl (C=O) groups excluding carboxylic acids is 1. The fraction of sp³-hybridized carbons (Fsp3) is 0. The second-order valence-corrected chi connectivity index (χ2v) is 6.97. The van der Waals surface area contributed by atoms with Crippen molar-refractivity contribution in [3.63, 3.8) is 0 Å². The number of ether oxygens (including phenoxy) is 1. The maximum absolute atomic E-state index is 12.0. The van der Waals surface area contributed by atoms with Crippen LogP contribution in [0.15, 0.2) is 128 Å². The van der Waals surface area contributed by atoms with E-state index in [1.807, 2.05) is 78.9 Å². The van der Waals surface area contributed by atoms with Gasteiger partial charge in [0.15, 0.2) is 0 Å². The summed E-state index contributed by atoms with van der Waals surface area (Å²) >= 11 is 0. The minimum atomic E-state index is -0.485. The molecule has 4 aromatic rings. The third-order valence-corrected chi connectivity index (χ3v) is 4.97. The number of carbonyl (C=O) groups is 1. The Morgan fingerprint density at radius 3 is 1.48 bits per heavy atom. The van der Waals surface area contributed by atoms with Crippen molar-refractivity contribution in [1.29, 1.82) is 0 Å². The average molecular weight is 402 g/mol.